The average Bonchev–Trinajstić information content (AvgIpc) is 3.53. The number of rotatable bonds is 6. The number of aromatic nitrogens is 3. The highest BCUT2D eigenvalue weighted by Crippen LogP contribution is 2.30. The molecule has 10 heteroatoms. The minimum Gasteiger partial charge on any atom is -0.341 e. The molecule has 0 bridgehead atoms. The number of anilines is 1. The summed E-state index contributed by atoms with van der Waals surface area (Å²) in [4.78, 5) is 19.2. The molecule has 1 amide bonds. The van der Waals surface area contributed by atoms with E-state index in [1.165, 1.54) is 6.33 Å². The Bertz CT molecular complexity index is 1400. The van der Waals surface area contributed by atoms with Gasteiger partial charge in [0.2, 0.25) is 11.0 Å². The highest BCUT2D eigenvalue weighted by atomic mass is 32.2. The van der Waals surface area contributed by atoms with Crippen molar-refractivity contribution in [3.05, 3.63) is 72.7 Å². The Morgan fingerprint density at radius 1 is 1.12 bits per heavy atom. The lowest BCUT2D eigenvalue weighted by Crippen LogP contribution is -2.41. The van der Waals surface area contributed by atoms with Crippen molar-refractivity contribution >= 4 is 43.5 Å². The summed E-state index contributed by atoms with van der Waals surface area (Å²) >= 11 is 0.989. The lowest BCUT2D eigenvalue weighted by atomic mass is 9.89. The first-order valence-electron chi connectivity index (χ1n) is 11.2. The number of sulfonamides is 1. The highest BCUT2D eigenvalue weighted by Gasteiger charge is 2.28. The summed E-state index contributed by atoms with van der Waals surface area (Å²) in [7, 11) is -3.69. The molecular weight excluding hydrogens is 470 g/mol. The van der Waals surface area contributed by atoms with E-state index in [1.807, 2.05) is 59.0 Å². The van der Waals surface area contributed by atoms with Crippen molar-refractivity contribution in [3.8, 4) is 0 Å². The zero-order valence-corrected chi connectivity index (χ0v) is 20.3. The number of benzene rings is 2. The Morgan fingerprint density at radius 2 is 1.85 bits per heavy atom. The largest absolute Gasteiger partial charge is 0.341 e. The molecule has 5 rings (SSSR count). The maximum Gasteiger partial charge on any atom is 0.263 e. The minimum atomic E-state index is -3.69. The van der Waals surface area contributed by atoms with Crippen LogP contribution in [0.4, 0.5) is 5.13 Å². The van der Waals surface area contributed by atoms with E-state index in [9.17, 15) is 13.2 Å². The third kappa shape index (κ3) is 4.43. The van der Waals surface area contributed by atoms with E-state index < -0.39 is 10.0 Å². The normalized spacial score (nSPS) is 16.0. The Morgan fingerprint density at radius 3 is 2.56 bits per heavy atom. The fourth-order valence-electron chi connectivity index (χ4n) is 4.57. The second-order valence-corrected chi connectivity index (χ2v) is 10.9. The van der Waals surface area contributed by atoms with Crippen molar-refractivity contribution in [2.75, 3.05) is 17.8 Å². The lowest BCUT2D eigenvalue weighted by Gasteiger charge is -2.34. The van der Waals surface area contributed by atoms with Crippen LogP contribution in [0.25, 0.3) is 10.9 Å². The van der Waals surface area contributed by atoms with Gasteiger partial charge in [-0.05, 0) is 60.9 Å². The second-order valence-electron chi connectivity index (χ2n) is 8.48. The van der Waals surface area contributed by atoms with E-state index in [0.717, 1.165) is 40.8 Å². The summed E-state index contributed by atoms with van der Waals surface area (Å²) < 4.78 is 33.3. The topological polar surface area (TPSA) is 97.2 Å². The third-order valence-corrected chi connectivity index (χ3v) is 8.52. The monoisotopic (exact) mass is 497 g/mol. The van der Waals surface area contributed by atoms with E-state index in [2.05, 4.69) is 20.1 Å². The van der Waals surface area contributed by atoms with Gasteiger partial charge >= 0.3 is 0 Å². The number of likely N-dealkylation sites (tertiary alicyclic amines) is 1. The maximum atomic E-state index is 13.2. The van der Waals surface area contributed by atoms with Crippen molar-refractivity contribution in [3.63, 3.8) is 0 Å². The lowest BCUT2D eigenvalue weighted by molar-refractivity contribution is -0.135. The van der Waals surface area contributed by atoms with E-state index in [1.54, 1.807) is 12.1 Å². The molecule has 0 saturated carbocycles. The summed E-state index contributed by atoms with van der Waals surface area (Å²) in [6.07, 6.45) is 4.99. The molecule has 0 spiro atoms. The molecule has 1 N–H and O–H groups in total. The van der Waals surface area contributed by atoms with Crippen molar-refractivity contribution in [1.82, 2.24) is 18.8 Å². The number of carbonyl (C=O) groups excluding carboxylic acids is 1. The van der Waals surface area contributed by atoms with Gasteiger partial charge in [-0.2, -0.15) is 4.37 Å². The van der Waals surface area contributed by atoms with Crippen molar-refractivity contribution in [2.45, 2.75) is 36.6 Å². The van der Waals surface area contributed by atoms with E-state index in [-0.39, 0.29) is 23.4 Å². The van der Waals surface area contributed by atoms with Gasteiger partial charge in [0, 0.05) is 37.8 Å². The third-order valence-electron chi connectivity index (χ3n) is 6.46. The van der Waals surface area contributed by atoms with Gasteiger partial charge in [0.1, 0.15) is 12.4 Å². The zero-order valence-electron chi connectivity index (χ0n) is 18.7. The minimum absolute atomic E-state index is 0. The van der Waals surface area contributed by atoms with Gasteiger partial charge in [0.05, 0.1) is 4.90 Å². The summed E-state index contributed by atoms with van der Waals surface area (Å²) in [6, 6.07) is 16.8. The molecule has 0 unspecified atom stereocenters. The molecule has 1 atom stereocenters. The molecule has 1 aliphatic rings. The van der Waals surface area contributed by atoms with Gasteiger partial charge in [-0.25, -0.2) is 13.4 Å². The predicted octanol–water partition coefficient (Wildman–Crippen LogP) is 4.51. The van der Waals surface area contributed by atoms with Crippen molar-refractivity contribution in [1.29, 1.82) is 0 Å². The van der Waals surface area contributed by atoms with Crippen molar-refractivity contribution < 1.29 is 14.6 Å². The molecular formula is C24H27N5O3S2. The van der Waals surface area contributed by atoms with Crippen LogP contribution in [0, 0.1) is 0 Å². The van der Waals surface area contributed by atoms with Crippen LogP contribution in [-0.2, 0) is 14.8 Å². The van der Waals surface area contributed by atoms with Crippen LogP contribution in [0.3, 0.4) is 0 Å². The van der Waals surface area contributed by atoms with Crippen LogP contribution in [0.2, 0.25) is 0 Å². The molecule has 0 aliphatic carbocycles. The van der Waals surface area contributed by atoms with Crippen LogP contribution < -0.4 is 4.72 Å². The van der Waals surface area contributed by atoms with Crippen LogP contribution in [0.1, 0.15) is 38.7 Å². The molecule has 3 heterocycles. The van der Waals surface area contributed by atoms with E-state index >= 15 is 0 Å². The quantitative estimate of drug-likeness (QED) is 0.423. The number of hydrogen-bond donors (Lipinski definition) is 1. The molecule has 8 nitrogen and oxygen atoms in total. The summed E-state index contributed by atoms with van der Waals surface area (Å²) in [5.41, 5.74) is 2.15. The average molecular weight is 498 g/mol. The second kappa shape index (κ2) is 9.19. The van der Waals surface area contributed by atoms with E-state index in [4.69, 9.17) is 0 Å². The van der Waals surface area contributed by atoms with Gasteiger partial charge in [0.25, 0.3) is 10.0 Å². The van der Waals surface area contributed by atoms with Crippen LogP contribution in [0.5, 0.6) is 0 Å². The molecule has 2 aromatic heterocycles. The van der Waals surface area contributed by atoms with Gasteiger partial charge in [0.15, 0.2) is 0 Å². The Kier molecular flexibility index (Phi) is 6.09. The molecule has 1 fully saturated rings. The summed E-state index contributed by atoms with van der Waals surface area (Å²) in [5.74, 6) is 0.420. The van der Waals surface area contributed by atoms with Gasteiger partial charge in [-0.3, -0.25) is 9.52 Å². The number of nitrogens with one attached hydrogen (secondary N) is 1. The van der Waals surface area contributed by atoms with Gasteiger partial charge in [-0.15, -0.1) is 0 Å². The van der Waals surface area contributed by atoms with Crippen molar-refractivity contribution in [2.24, 2.45) is 0 Å². The zero-order chi connectivity index (χ0) is 23.7. The molecule has 1 aliphatic heterocycles. The Balaban J connectivity index is 0.00000289. The molecule has 178 valence electrons. The summed E-state index contributed by atoms with van der Waals surface area (Å²) in [6.45, 7) is 3.33. The SMILES string of the molecule is C[C@H](C(=O)N1CCC(c2ccc(S(=O)(=O)Nc3ncns3)cc2)CC1)n1ccc2ccccc21.[HH]. The fourth-order valence-corrected chi connectivity index (χ4v) is 6.23. The smallest absolute Gasteiger partial charge is 0.263 e. The van der Waals surface area contributed by atoms with Crippen LogP contribution >= 0.6 is 11.5 Å². The van der Waals surface area contributed by atoms with Gasteiger partial charge in [-0.1, -0.05) is 30.3 Å². The fraction of sp³-hybridized carbons (Fsp3) is 0.292. The predicted molar refractivity (Wildman–Crippen MR) is 134 cm³/mol. The highest BCUT2D eigenvalue weighted by molar-refractivity contribution is 7.93. The number of hydrogen-bond acceptors (Lipinski definition) is 6. The number of piperidine rings is 1. The first kappa shape index (κ1) is 22.5. The number of amides is 1. The number of fused-ring (bicyclic) bond motifs is 1. The molecule has 4 aromatic rings. The molecule has 2 aromatic carbocycles. The molecule has 1 saturated heterocycles. The number of para-hydroxylation sites is 1. The molecule has 34 heavy (non-hydrogen) atoms. The van der Waals surface area contributed by atoms with E-state index in [0.29, 0.717) is 19.0 Å². The number of carbonyl (C=O) groups is 1. The Hall–Kier alpha value is -3.24. The van der Waals surface area contributed by atoms with Gasteiger partial charge < -0.3 is 9.47 Å². The first-order valence-corrected chi connectivity index (χ1v) is 13.4. The molecule has 0 radical (unpaired) electrons. The Labute approximate surface area is 203 Å². The summed E-state index contributed by atoms with van der Waals surface area (Å²) in [5, 5.41) is 1.37. The van der Waals surface area contributed by atoms with Crippen LogP contribution in [0.15, 0.2) is 72.0 Å². The maximum absolute atomic E-state index is 13.2. The van der Waals surface area contributed by atoms with Crippen LogP contribution in [-0.4, -0.2) is 46.2 Å². The standard InChI is InChI=1S/C24H25N5O3S2.H2/c1-17(29-15-12-20-4-2-3-5-22(20)29)23(30)28-13-10-19(11-14-28)18-6-8-21(9-7-18)34(31,32)27-24-25-16-26-33-24;/h2-9,12,15-17,19H,10-11,13-14H2,1H3,(H,25,26,27);1H/t17-;/m1./s1. The number of nitrogens with zero attached hydrogens (tertiary/aromatic N) is 4. The first-order chi connectivity index (χ1) is 16.4.